The fourth-order valence-electron chi connectivity index (χ4n) is 6.67. The van der Waals surface area contributed by atoms with Crippen molar-refractivity contribution < 1.29 is 62.4 Å². The number of carbonyl (C=O) groups excluding carboxylic acids is 5. The molecule has 1 saturated carbocycles. The number of anilines is 1. The molecular weight excluding hydrogens is 692 g/mol. The van der Waals surface area contributed by atoms with E-state index in [-0.39, 0.29) is 71.2 Å². The van der Waals surface area contributed by atoms with E-state index in [1.807, 2.05) is 6.92 Å². The van der Waals surface area contributed by atoms with E-state index in [1.54, 1.807) is 62.3 Å². The van der Waals surface area contributed by atoms with Crippen LogP contribution >= 0.6 is 0 Å². The number of aromatic nitrogens is 1. The summed E-state index contributed by atoms with van der Waals surface area (Å²) >= 11 is 0. The molecule has 1 aromatic heterocycles. The SMILES string of the molecule is CCCCOc1noc2c1C(=O)[C@@]1(O)C(=O)C3=C(O)c4c(cc(N(C(=O)OC(C)(C)C)C(=O)OC(C)(C)C)cc4OC(=O)OC(C)(C)C)C[C@H]3C[C@H]1C2. The van der Waals surface area contributed by atoms with E-state index in [4.69, 9.17) is 28.2 Å². The van der Waals surface area contributed by atoms with Gasteiger partial charge in [-0.3, -0.25) is 9.59 Å². The number of hydrogen-bond donors (Lipinski definition) is 2. The summed E-state index contributed by atoms with van der Waals surface area (Å²) in [6.45, 7) is 16.7. The maximum absolute atomic E-state index is 14.3. The Bertz CT molecular complexity index is 1840. The fraction of sp³-hybridized carbons (Fsp3) is 0.579. The lowest BCUT2D eigenvalue weighted by Crippen LogP contribution is -2.60. The minimum atomic E-state index is -2.57. The van der Waals surface area contributed by atoms with Gasteiger partial charge in [0.2, 0.25) is 11.6 Å². The fourth-order valence-corrected chi connectivity index (χ4v) is 6.67. The van der Waals surface area contributed by atoms with Gasteiger partial charge >= 0.3 is 18.3 Å². The van der Waals surface area contributed by atoms with Gasteiger partial charge in [-0.1, -0.05) is 13.3 Å². The molecular formula is C38H48N2O13. The van der Waals surface area contributed by atoms with E-state index in [1.165, 1.54) is 6.07 Å². The molecule has 53 heavy (non-hydrogen) atoms. The molecule has 0 spiro atoms. The highest BCUT2D eigenvalue weighted by molar-refractivity contribution is 6.26. The lowest BCUT2D eigenvalue weighted by atomic mass is 9.58. The van der Waals surface area contributed by atoms with Gasteiger partial charge in [0, 0.05) is 24.0 Å². The maximum atomic E-state index is 14.3. The van der Waals surface area contributed by atoms with Crippen LogP contribution in [0.4, 0.5) is 20.1 Å². The monoisotopic (exact) mass is 740 g/mol. The molecule has 2 N–H and O–H groups in total. The minimum Gasteiger partial charge on any atom is -0.507 e. The molecule has 0 saturated heterocycles. The third-order valence-electron chi connectivity index (χ3n) is 8.75. The molecule has 2 amide bonds. The molecule has 1 aromatic carbocycles. The van der Waals surface area contributed by atoms with Gasteiger partial charge in [-0.05, 0) is 104 Å². The first kappa shape index (κ1) is 39.3. The Kier molecular flexibility index (Phi) is 10.2. The molecule has 0 unspecified atom stereocenters. The molecule has 2 aromatic rings. The van der Waals surface area contributed by atoms with Crippen LogP contribution in [0.25, 0.3) is 5.76 Å². The molecule has 3 atom stereocenters. The van der Waals surface area contributed by atoms with E-state index in [0.717, 1.165) is 12.5 Å². The highest BCUT2D eigenvalue weighted by Crippen LogP contribution is 2.52. The zero-order valence-electron chi connectivity index (χ0n) is 31.8. The zero-order chi connectivity index (χ0) is 39.4. The smallest absolute Gasteiger partial charge is 0.507 e. The summed E-state index contributed by atoms with van der Waals surface area (Å²) in [5, 5.41) is 27.8. The van der Waals surface area contributed by atoms with Crippen molar-refractivity contribution in [2.45, 2.75) is 124 Å². The summed E-state index contributed by atoms with van der Waals surface area (Å²) < 4.78 is 33.2. The van der Waals surface area contributed by atoms with E-state index in [2.05, 4.69) is 5.16 Å². The van der Waals surface area contributed by atoms with Gasteiger partial charge in [-0.25, -0.2) is 14.4 Å². The summed E-state index contributed by atoms with van der Waals surface area (Å²) in [5.41, 5.74) is -5.98. The van der Waals surface area contributed by atoms with Gasteiger partial charge in [0.1, 0.15) is 33.9 Å². The van der Waals surface area contributed by atoms with Crippen LogP contribution in [0.1, 0.15) is 116 Å². The normalized spacial score (nSPS) is 21.1. The Morgan fingerprint density at radius 2 is 1.51 bits per heavy atom. The Labute approximate surface area is 307 Å². The lowest BCUT2D eigenvalue weighted by Gasteiger charge is -2.45. The summed E-state index contributed by atoms with van der Waals surface area (Å²) in [5.74, 6) is -4.63. The standard InChI is InChI=1S/C38H48N2O13/c1-11-12-13-48-31-27-24(53-39-31)17-21-15-19-14-20-16-22(40(32(44)50-35(2,3)4)33(45)51-36(5,6)7)18-23(49-34(46)52-37(8,9)10)25(20)28(41)26(19)29(42)38(21,47)30(27)43/h16,18-19,21,41,47H,11-15,17H2,1-10H3/t19-,21-,38-/m0/s1. The number of ketones is 2. The molecule has 0 aliphatic heterocycles. The Balaban J connectivity index is 1.65. The first-order valence-electron chi connectivity index (χ1n) is 17.7. The first-order chi connectivity index (χ1) is 24.4. The van der Waals surface area contributed by atoms with Gasteiger partial charge in [0.15, 0.2) is 11.4 Å². The molecule has 0 bridgehead atoms. The van der Waals surface area contributed by atoms with Gasteiger partial charge in [-0.15, -0.1) is 0 Å². The second-order valence-electron chi connectivity index (χ2n) is 16.6. The van der Waals surface area contributed by atoms with Crippen LogP contribution < -0.4 is 14.4 Å². The van der Waals surface area contributed by atoms with Crippen LogP contribution in [0.2, 0.25) is 0 Å². The number of fused-ring (bicyclic) bond motifs is 4. The number of ether oxygens (including phenoxy) is 5. The van der Waals surface area contributed by atoms with Crippen molar-refractivity contribution in [1.82, 2.24) is 5.16 Å². The van der Waals surface area contributed by atoms with Crippen molar-refractivity contribution in [3.63, 3.8) is 0 Å². The predicted octanol–water partition coefficient (Wildman–Crippen LogP) is 7.04. The number of aliphatic hydroxyl groups excluding tert-OH is 1. The van der Waals surface area contributed by atoms with Crippen LogP contribution in [-0.2, 0) is 31.8 Å². The molecule has 1 heterocycles. The van der Waals surface area contributed by atoms with E-state index < -0.39 is 69.9 Å². The summed E-state index contributed by atoms with van der Waals surface area (Å²) in [6.07, 6.45) is -1.84. The van der Waals surface area contributed by atoms with Crippen molar-refractivity contribution in [2.75, 3.05) is 11.5 Å². The molecule has 0 radical (unpaired) electrons. The van der Waals surface area contributed by atoms with Crippen LogP contribution in [-0.4, -0.2) is 74.3 Å². The molecule has 288 valence electrons. The van der Waals surface area contributed by atoms with E-state index >= 15 is 0 Å². The van der Waals surface area contributed by atoms with Crippen molar-refractivity contribution in [2.24, 2.45) is 11.8 Å². The largest absolute Gasteiger partial charge is 0.514 e. The van der Waals surface area contributed by atoms with Crippen LogP contribution in [0.5, 0.6) is 11.6 Å². The number of carbonyl (C=O) groups is 5. The van der Waals surface area contributed by atoms with Crippen molar-refractivity contribution >= 4 is 41.4 Å². The zero-order valence-corrected chi connectivity index (χ0v) is 31.8. The van der Waals surface area contributed by atoms with Crippen LogP contribution in [0.15, 0.2) is 22.2 Å². The quantitative estimate of drug-likeness (QED) is 0.100. The lowest BCUT2D eigenvalue weighted by molar-refractivity contribution is -0.138. The molecule has 15 heteroatoms. The number of rotatable bonds is 6. The average molecular weight is 741 g/mol. The molecule has 5 rings (SSSR count). The average Bonchev–Trinajstić information content (AvgIpc) is 3.38. The third kappa shape index (κ3) is 7.90. The predicted molar refractivity (Wildman–Crippen MR) is 188 cm³/mol. The Morgan fingerprint density at radius 1 is 0.906 bits per heavy atom. The number of amides is 2. The summed E-state index contributed by atoms with van der Waals surface area (Å²) in [4.78, 5) is 69.2. The molecule has 3 aliphatic rings. The van der Waals surface area contributed by atoms with Gasteiger partial charge in [0.05, 0.1) is 17.9 Å². The topological polar surface area (TPSA) is 201 Å². The number of imide groups is 1. The minimum absolute atomic E-state index is 0.00483. The molecule has 1 fully saturated rings. The van der Waals surface area contributed by atoms with Crippen LogP contribution in [0.3, 0.4) is 0 Å². The number of Topliss-reactive ketones (excluding diaryl/α,β-unsaturated/α-hetero) is 2. The second kappa shape index (κ2) is 13.8. The highest BCUT2D eigenvalue weighted by atomic mass is 16.7. The number of hydrogen-bond acceptors (Lipinski definition) is 14. The van der Waals surface area contributed by atoms with Crippen molar-refractivity contribution in [3.8, 4) is 11.6 Å². The number of unbranched alkanes of at least 4 members (excludes halogenated alkanes) is 1. The van der Waals surface area contributed by atoms with E-state index in [0.29, 0.717) is 11.3 Å². The van der Waals surface area contributed by atoms with Crippen LogP contribution in [0, 0.1) is 11.8 Å². The number of nitrogens with zero attached hydrogens (tertiary/aromatic N) is 2. The summed E-state index contributed by atoms with van der Waals surface area (Å²) in [7, 11) is 0. The van der Waals surface area contributed by atoms with Gasteiger partial charge < -0.3 is 38.4 Å². The summed E-state index contributed by atoms with van der Waals surface area (Å²) in [6, 6.07) is 2.55. The van der Waals surface area contributed by atoms with Crippen molar-refractivity contribution in [3.05, 3.63) is 40.2 Å². The van der Waals surface area contributed by atoms with Crippen molar-refractivity contribution in [1.29, 1.82) is 0 Å². The van der Waals surface area contributed by atoms with E-state index in [9.17, 15) is 34.2 Å². The molecule has 3 aliphatic carbocycles. The van der Waals surface area contributed by atoms with Gasteiger partial charge in [0.25, 0.3) is 5.88 Å². The number of aliphatic hydroxyl groups is 2. The highest BCUT2D eigenvalue weighted by Gasteiger charge is 2.62. The number of benzene rings is 1. The Hall–Kier alpha value is -4.92. The van der Waals surface area contributed by atoms with Gasteiger partial charge in [-0.2, -0.15) is 4.90 Å². The second-order valence-corrected chi connectivity index (χ2v) is 16.6. The third-order valence-corrected chi connectivity index (χ3v) is 8.75. The molecule has 15 nitrogen and oxygen atoms in total. The Morgan fingerprint density at radius 3 is 2.08 bits per heavy atom. The first-order valence-corrected chi connectivity index (χ1v) is 17.7. The maximum Gasteiger partial charge on any atom is 0.514 e.